The van der Waals surface area contributed by atoms with Gasteiger partial charge in [0.2, 0.25) is 0 Å². The molecule has 1 aliphatic rings. The molecule has 3 nitrogen and oxygen atoms in total. The smallest absolute Gasteiger partial charge is 0.163 e. The normalized spacial score (nSPS) is 14.6. The molecule has 0 saturated heterocycles. The minimum absolute atomic E-state index is 0.473. The van der Waals surface area contributed by atoms with Gasteiger partial charge in [-0.15, -0.1) is 0 Å². The van der Waals surface area contributed by atoms with Crippen molar-refractivity contribution in [3.63, 3.8) is 0 Å². The summed E-state index contributed by atoms with van der Waals surface area (Å²) >= 11 is 12.4. The second kappa shape index (κ2) is 4.93. The third kappa shape index (κ3) is 2.37. The highest BCUT2D eigenvalue weighted by Gasteiger charge is 2.26. The fraction of sp³-hybridized carbons (Fsp3) is 0.188. The first-order chi connectivity index (χ1) is 10.2. The number of hydrogen-bond donors (Lipinski definition) is 0. The highest BCUT2D eigenvalue weighted by Crippen LogP contribution is 2.40. The number of rotatable bonds is 2. The summed E-state index contributed by atoms with van der Waals surface area (Å²) in [7, 11) is 0. The summed E-state index contributed by atoms with van der Waals surface area (Å²) in [4.78, 5) is 13.5. The van der Waals surface area contributed by atoms with Crippen LogP contribution in [0, 0.1) is 0 Å². The van der Waals surface area contributed by atoms with E-state index in [4.69, 9.17) is 23.2 Å². The highest BCUT2D eigenvalue weighted by atomic mass is 35.5. The molecule has 0 spiro atoms. The molecule has 0 unspecified atom stereocenters. The molecule has 0 bridgehead atoms. The van der Waals surface area contributed by atoms with Gasteiger partial charge in [-0.05, 0) is 43.2 Å². The molecule has 2 heterocycles. The van der Waals surface area contributed by atoms with Gasteiger partial charge in [0.1, 0.15) is 5.15 Å². The lowest BCUT2D eigenvalue weighted by atomic mass is 10.1. The standard InChI is InChI=1S/C16H11Cl2N3/c17-12-6-5-11(15-10(12)2-1-7-19-15)16-20-13(9-3-4-9)8-14(18)21-16/h1-2,5-9H,3-4H2. The molecule has 21 heavy (non-hydrogen) atoms. The van der Waals surface area contributed by atoms with Crippen LogP contribution in [0.4, 0.5) is 0 Å². The molecule has 0 aliphatic heterocycles. The van der Waals surface area contributed by atoms with Crippen LogP contribution in [-0.4, -0.2) is 15.0 Å². The summed E-state index contributed by atoms with van der Waals surface area (Å²) in [6.07, 6.45) is 4.09. The highest BCUT2D eigenvalue weighted by molar-refractivity contribution is 6.35. The zero-order chi connectivity index (χ0) is 14.4. The minimum Gasteiger partial charge on any atom is -0.255 e. The third-order valence-electron chi connectivity index (χ3n) is 3.67. The van der Waals surface area contributed by atoms with Gasteiger partial charge in [-0.3, -0.25) is 4.98 Å². The topological polar surface area (TPSA) is 38.7 Å². The molecular formula is C16H11Cl2N3. The number of aromatic nitrogens is 3. The Morgan fingerprint density at radius 2 is 1.90 bits per heavy atom. The van der Waals surface area contributed by atoms with Gasteiger partial charge in [0.05, 0.1) is 10.5 Å². The molecule has 0 radical (unpaired) electrons. The lowest BCUT2D eigenvalue weighted by Crippen LogP contribution is -1.96. The van der Waals surface area contributed by atoms with Crippen molar-refractivity contribution in [2.24, 2.45) is 0 Å². The Balaban J connectivity index is 1.96. The van der Waals surface area contributed by atoms with Crippen molar-refractivity contribution in [2.75, 3.05) is 0 Å². The van der Waals surface area contributed by atoms with E-state index in [1.54, 1.807) is 6.20 Å². The molecule has 2 aromatic heterocycles. The molecule has 0 amide bonds. The summed E-state index contributed by atoms with van der Waals surface area (Å²) in [5.74, 6) is 1.14. The van der Waals surface area contributed by atoms with Crippen molar-refractivity contribution in [1.29, 1.82) is 0 Å². The number of nitrogens with zero attached hydrogens (tertiary/aromatic N) is 3. The summed E-state index contributed by atoms with van der Waals surface area (Å²) in [6, 6.07) is 9.42. The van der Waals surface area contributed by atoms with Crippen LogP contribution in [0.3, 0.4) is 0 Å². The maximum atomic E-state index is 6.23. The molecule has 3 aromatic rings. The van der Waals surface area contributed by atoms with E-state index in [1.807, 2.05) is 30.3 Å². The van der Waals surface area contributed by atoms with Gasteiger partial charge >= 0.3 is 0 Å². The maximum Gasteiger partial charge on any atom is 0.163 e. The molecule has 104 valence electrons. The van der Waals surface area contributed by atoms with E-state index in [0.717, 1.165) is 22.2 Å². The molecular weight excluding hydrogens is 305 g/mol. The molecule has 5 heteroatoms. The monoisotopic (exact) mass is 315 g/mol. The molecule has 4 rings (SSSR count). The van der Waals surface area contributed by atoms with Crippen LogP contribution < -0.4 is 0 Å². The van der Waals surface area contributed by atoms with Gasteiger partial charge in [0.15, 0.2) is 5.82 Å². The first kappa shape index (κ1) is 13.0. The summed E-state index contributed by atoms with van der Waals surface area (Å²) in [6.45, 7) is 0. The molecule has 0 atom stereocenters. The average Bonchev–Trinajstić information content (AvgIpc) is 3.32. The lowest BCUT2D eigenvalue weighted by molar-refractivity contribution is 0.995. The first-order valence-corrected chi connectivity index (χ1v) is 7.56. The lowest BCUT2D eigenvalue weighted by Gasteiger charge is -2.08. The van der Waals surface area contributed by atoms with Crippen LogP contribution in [0.1, 0.15) is 24.5 Å². The fourth-order valence-corrected chi connectivity index (χ4v) is 2.87. The SMILES string of the molecule is Clc1cc(C2CC2)nc(-c2ccc(Cl)c3cccnc23)n1. The Bertz CT molecular complexity index is 844. The Morgan fingerprint density at radius 3 is 2.71 bits per heavy atom. The fourth-order valence-electron chi connectivity index (χ4n) is 2.46. The number of pyridine rings is 1. The van der Waals surface area contributed by atoms with Crippen molar-refractivity contribution >= 4 is 34.1 Å². The Labute approximate surface area is 132 Å². The largest absolute Gasteiger partial charge is 0.255 e. The first-order valence-electron chi connectivity index (χ1n) is 6.80. The molecule has 1 aromatic carbocycles. The van der Waals surface area contributed by atoms with E-state index in [9.17, 15) is 0 Å². The summed E-state index contributed by atoms with van der Waals surface area (Å²) < 4.78 is 0. The van der Waals surface area contributed by atoms with E-state index in [-0.39, 0.29) is 0 Å². The van der Waals surface area contributed by atoms with Crippen molar-refractivity contribution < 1.29 is 0 Å². The molecule has 1 aliphatic carbocycles. The van der Waals surface area contributed by atoms with E-state index in [1.165, 1.54) is 12.8 Å². The summed E-state index contributed by atoms with van der Waals surface area (Å²) in [5, 5.41) is 2.04. The predicted molar refractivity (Wildman–Crippen MR) is 84.8 cm³/mol. The zero-order valence-electron chi connectivity index (χ0n) is 11.1. The van der Waals surface area contributed by atoms with Crippen LogP contribution in [-0.2, 0) is 0 Å². The predicted octanol–water partition coefficient (Wildman–Crippen LogP) is 4.88. The number of benzene rings is 1. The Hall–Kier alpha value is -1.71. The average molecular weight is 316 g/mol. The van der Waals surface area contributed by atoms with Crippen molar-refractivity contribution in [3.05, 3.63) is 52.4 Å². The van der Waals surface area contributed by atoms with Crippen molar-refractivity contribution in [3.8, 4) is 11.4 Å². The van der Waals surface area contributed by atoms with E-state index >= 15 is 0 Å². The Kier molecular flexibility index (Phi) is 3.05. The van der Waals surface area contributed by atoms with Crippen LogP contribution in [0.2, 0.25) is 10.2 Å². The zero-order valence-corrected chi connectivity index (χ0v) is 12.6. The number of hydrogen-bond acceptors (Lipinski definition) is 3. The maximum absolute atomic E-state index is 6.23. The van der Waals surface area contributed by atoms with Gasteiger partial charge < -0.3 is 0 Å². The quantitative estimate of drug-likeness (QED) is 0.633. The van der Waals surface area contributed by atoms with E-state index < -0.39 is 0 Å². The van der Waals surface area contributed by atoms with Crippen molar-refractivity contribution in [1.82, 2.24) is 15.0 Å². The van der Waals surface area contributed by atoms with Crippen LogP contribution in [0.25, 0.3) is 22.3 Å². The van der Waals surface area contributed by atoms with Gasteiger partial charge in [-0.2, -0.15) is 0 Å². The van der Waals surface area contributed by atoms with Gasteiger partial charge in [0.25, 0.3) is 0 Å². The number of fused-ring (bicyclic) bond motifs is 1. The minimum atomic E-state index is 0.473. The van der Waals surface area contributed by atoms with Crippen LogP contribution in [0.5, 0.6) is 0 Å². The third-order valence-corrected chi connectivity index (χ3v) is 4.19. The molecule has 1 saturated carbocycles. The molecule has 0 N–H and O–H groups in total. The van der Waals surface area contributed by atoms with Crippen LogP contribution >= 0.6 is 23.2 Å². The van der Waals surface area contributed by atoms with E-state index in [0.29, 0.717) is 21.9 Å². The molecule has 1 fully saturated rings. The van der Waals surface area contributed by atoms with Gasteiger partial charge in [-0.1, -0.05) is 23.2 Å². The van der Waals surface area contributed by atoms with Crippen LogP contribution in [0.15, 0.2) is 36.5 Å². The second-order valence-electron chi connectivity index (χ2n) is 5.21. The number of halogens is 2. The van der Waals surface area contributed by atoms with Gasteiger partial charge in [-0.25, -0.2) is 9.97 Å². The Morgan fingerprint density at radius 1 is 1.05 bits per heavy atom. The summed E-state index contributed by atoms with van der Waals surface area (Å²) in [5.41, 5.74) is 2.68. The van der Waals surface area contributed by atoms with E-state index in [2.05, 4.69) is 15.0 Å². The van der Waals surface area contributed by atoms with Crippen molar-refractivity contribution in [2.45, 2.75) is 18.8 Å². The van der Waals surface area contributed by atoms with Gasteiger partial charge in [0, 0.05) is 28.8 Å². The second-order valence-corrected chi connectivity index (χ2v) is 6.00.